The molecule has 1 heterocycles. The molecule has 4 atom stereocenters. The summed E-state index contributed by atoms with van der Waals surface area (Å²) in [5.74, 6) is 0.542. The Kier molecular flexibility index (Phi) is 10.4. The molecule has 2 aromatic carbocycles. The summed E-state index contributed by atoms with van der Waals surface area (Å²) in [6.45, 7) is 4.85. The maximum atomic E-state index is 13.6. The summed E-state index contributed by atoms with van der Waals surface area (Å²) in [7, 11) is -2.42. The van der Waals surface area contributed by atoms with Gasteiger partial charge >= 0.3 is 6.09 Å². The number of carbonyl (C=O) groups excluding carboxylic acids is 1. The van der Waals surface area contributed by atoms with Crippen molar-refractivity contribution in [2.75, 3.05) is 33.4 Å². The third-order valence-electron chi connectivity index (χ3n) is 7.15. The Morgan fingerprint density at radius 3 is 2.23 bits per heavy atom. The van der Waals surface area contributed by atoms with Gasteiger partial charge in [-0.15, -0.1) is 0 Å². The molecule has 1 saturated carbocycles. The first-order valence-electron chi connectivity index (χ1n) is 13.7. The van der Waals surface area contributed by atoms with Crippen molar-refractivity contribution in [3.63, 3.8) is 0 Å². The molecule has 2 aliphatic rings. The van der Waals surface area contributed by atoms with Gasteiger partial charge in [-0.25, -0.2) is 13.2 Å². The molecule has 10 nitrogen and oxygen atoms in total. The van der Waals surface area contributed by atoms with E-state index >= 15 is 0 Å². The lowest BCUT2D eigenvalue weighted by Crippen LogP contribution is -2.51. The number of carbonyl (C=O) groups is 1. The highest BCUT2D eigenvalue weighted by Crippen LogP contribution is 2.30. The van der Waals surface area contributed by atoms with Gasteiger partial charge in [0.2, 0.25) is 10.0 Å². The number of nitrogens with zero attached hydrogens (tertiary/aromatic N) is 1. The zero-order chi connectivity index (χ0) is 28.7. The molecule has 0 spiro atoms. The van der Waals surface area contributed by atoms with Crippen LogP contribution in [0.5, 0.6) is 5.75 Å². The average Bonchev–Trinajstić information content (AvgIpc) is 3.34. The first-order valence-corrected chi connectivity index (χ1v) is 15.2. The Bertz CT molecular complexity index is 1180. The summed E-state index contributed by atoms with van der Waals surface area (Å²) in [5, 5.41) is 14.2. The number of benzene rings is 2. The standard InChI is InChI=1S/C29H40N2O8S/c1-20(2)18-31(40(34,35)24-11-9-22(36-3)10-12-24)19-26(32)25(15-21-7-5-4-6-8-21)30-29(33)39-23-16-27-28(17-23)38-14-13-37-27/h4-12,20,23,25-28,32H,13-19H2,1-3H3,(H,30,33). The van der Waals surface area contributed by atoms with Gasteiger partial charge in [0, 0.05) is 25.9 Å². The van der Waals surface area contributed by atoms with E-state index in [1.54, 1.807) is 12.1 Å². The second-order valence-electron chi connectivity index (χ2n) is 10.7. The molecule has 220 valence electrons. The molecular weight excluding hydrogens is 536 g/mol. The largest absolute Gasteiger partial charge is 0.497 e. The number of sulfonamides is 1. The van der Waals surface area contributed by atoms with Crippen LogP contribution in [0.3, 0.4) is 0 Å². The van der Waals surface area contributed by atoms with E-state index in [9.17, 15) is 18.3 Å². The Morgan fingerprint density at radius 1 is 1.02 bits per heavy atom. The third kappa shape index (κ3) is 7.94. The van der Waals surface area contributed by atoms with Crippen molar-refractivity contribution < 1.29 is 37.3 Å². The number of rotatable bonds is 12. The van der Waals surface area contributed by atoms with Gasteiger partial charge in [-0.3, -0.25) is 0 Å². The molecule has 1 aliphatic carbocycles. The molecule has 1 amide bonds. The predicted molar refractivity (Wildman–Crippen MR) is 149 cm³/mol. The zero-order valence-electron chi connectivity index (χ0n) is 23.3. The van der Waals surface area contributed by atoms with Crippen molar-refractivity contribution >= 4 is 16.1 Å². The van der Waals surface area contributed by atoms with Gasteiger partial charge in [-0.2, -0.15) is 4.31 Å². The molecule has 2 aromatic rings. The van der Waals surface area contributed by atoms with Crippen LogP contribution < -0.4 is 10.1 Å². The molecular formula is C29H40N2O8S. The van der Waals surface area contributed by atoms with Crippen LogP contribution in [0.2, 0.25) is 0 Å². The number of alkyl carbamates (subject to hydrolysis) is 1. The second kappa shape index (κ2) is 13.8. The zero-order valence-corrected chi connectivity index (χ0v) is 24.1. The van der Waals surface area contributed by atoms with Crippen LogP contribution in [-0.2, 0) is 30.7 Å². The van der Waals surface area contributed by atoms with Crippen molar-refractivity contribution in [2.45, 2.75) is 68.5 Å². The van der Waals surface area contributed by atoms with Crippen molar-refractivity contribution in [3.05, 3.63) is 60.2 Å². The van der Waals surface area contributed by atoms with Crippen LogP contribution in [0.25, 0.3) is 0 Å². The molecule has 2 N–H and O–H groups in total. The number of nitrogens with one attached hydrogen (secondary N) is 1. The summed E-state index contributed by atoms with van der Waals surface area (Å²) in [6.07, 6.45) is -1.05. The Labute approximate surface area is 236 Å². The second-order valence-corrected chi connectivity index (χ2v) is 12.7. The molecule has 40 heavy (non-hydrogen) atoms. The molecule has 0 bridgehead atoms. The number of ether oxygens (including phenoxy) is 4. The van der Waals surface area contributed by atoms with E-state index in [1.807, 2.05) is 44.2 Å². The fourth-order valence-electron chi connectivity index (χ4n) is 5.16. The monoisotopic (exact) mass is 576 g/mol. The number of hydrogen-bond acceptors (Lipinski definition) is 8. The van der Waals surface area contributed by atoms with Gasteiger partial charge in [0.15, 0.2) is 0 Å². The summed E-state index contributed by atoms with van der Waals surface area (Å²) in [5.41, 5.74) is 0.883. The molecule has 1 aliphatic heterocycles. The van der Waals surface area contributed by atoms with E-state index in [4.69, 9.17) is 18.9 Å². The molecule has 0 radical (unpaired) electrons. The van der Waals surface area contributed by atoms with E-state index < -0.39 is 28.3 Å². The fourth-order valence-corrected chi connectivity index (χ4v) is 6.78. The lowest BCUT2D eigenvalue weighted by Gasteiger charge is -2.30. The van der Waals surface area contributed by atoms with Gasteiger partial charge in [0.25, 0.3) is 0 Å². The lowest BCUT2D eigenvalue weighted by molar-refractivity contribution is -0.124. The molecule has 4 rings (SSSR count). The summed E-state index contributed by atoms with van der Waals surface area (Å²) >= 11 is 0. The smallest absolute Gasteiger partial charge is 0.407 e. The van der Waals surface area contributed by atoms with Crippen LogP contribution in [0.4, 0.5) is 4.79 Å². The van der Waals surface area contributed by atoms with Crippen LogP contribution in [0.15, 0.2) is 59.5 Å². The molecule has 2 fully saturated rings. The van der Waals surface area contributed by atoms with Gasteiger partial charge in [0.05, 0.1) is 49.6 Å². The highest BCUT2D eigenvalue weighted by atomic mass is 32.2. The van der Waals surface area contributed by atoms with E-state index in [-0.39, 0.29) is 48.6 Å². The van der Waals surface area contributed by atoms with E-state index in [0.717, 1.165) is 5.56 Å². The topological polar surface area (TPSA) is 124 Å². The number of fused-ring (bicyclic) bond motifs is 1. The number of aliphatic hydroxyl groups is 1. The summed E-state index contributed by atoms with van der Waals surface area (Å²) in [6, 6.07) is 14.7. The fraction of sp³-hybridized carbons (Fsp3) is 0.552. The van der Waals surface area contributed by atoms with Crippen LogP contribution in [0, 0.1) is 5.92 Å². The number of amides is 1. The van der Waals surface area contributed by atoms with Gasteiger partial charge in [0.1, 0.15) is 11.9 Å². The minimum absolute atomic E-state index is 0.000980. The quantitative estimate of drug-likeness (QED) is 0.395. The predicted octanol–water partition coefficient (Wildman–Crippen LogP) is 2.99. The molecule has 11 heteroatoms. The maximum Gasteiger partial charge on any atom is 0.407 e. The van der Waals surface area contributed by atoms with Crippen molar-refractivity contribution in [1.82, 2.24) is 9.62 Å². The van der Waals surface area contributed by atoms with Crippen molar-refractivity contribution in [1.29, 1.82) is 0 Å². The highest BCUT2D eigenvalue weighted by Gasteiger charge is 2.40. The summed E-state index contributed by atoms with van der Waals surface area (Å²) < 4.78 is 50.8. The minimum Gasteiger partial charge on any atom is -0.497 e. The minimum atomic E-state index is -3.94. The normalized spacial score (nSPS) is 22.5. The molecule has 4 unspecified atom stereocenters. The number of aliphatic hydroxyl groups excluding tert-OH is 1. The number of hydrogen-bond donors (Lipinski definition) is 2. The van der Waals surface area contributed by atoms with Crippen LogP contribution in [-0.4, -0.2) is 87.8 Å². The first kappa shape index (κ1) is 30.3. The van der Waals surface area contributed by atoms with Crippen molar-refractivity contribution in [3.8, 4) is 5.75 Å². The Balaban J connectivity index is 1.49. The average molecular weight is 577 g/mol. The van der Waals surface area contributed by atoms with Crippen molar-refractivity contribution in [2.24, 2.45) is 5.92 Å². The first-order chi connectivity index (χ1) is 19.2. The lowest BCUT2D eigenvalue weighted by atomic mass is 10.0. The van der Waals surface area contributed by atoms with Crippen LogP contribution >= 0.6 is 0 Å². The van der Waals surface area contributed by atoms with E-state index in [2.05, 4.69) is 5.32 Å². The van der Waals surface area contributed by atoms with Gasteiger partial charge in [-0.1, -0.05) is 44.2 Å². The summed E-state index contributed by atoms with van der Waals surface area (Å²) in [4.78, 5) is 13.1. The van der Waals surface area contributed by atoms with Gasteiger partial charge in [-0.05, 0) is 42.2 Å². The molecule has 1 saturated heterocycles. The highest BCUT2D eigenvalue weighted by molar-refractivity contribution is 7.89. The van der Waals surface area contributed by atoms with E-state index in [1.165, 1.54) is 23.5 Å². The Morgan fingerprint density at radius 2 is 1.65 bits per heavy atom. The number of methoxy groups -OCH3 is 1. The third-order valence-corrected chi connectivity index (χ3v) is 8.99. The van der Waals surface area contributed by atoms with E-state index in [0.29, 0.717) is 31.8 Å². The van der Waals surface area contributed by atoms with Crippen LogP contribution in [0.1, 0.15) is 32.3 Å². The maximum absolute atomic E-state index is 13.6. The van der Waals surface area contributed by atoms with Gasteiger partial charge < -0.3 is 29.4 Å². The SMILES string of the molecule is COc1ccc(S(=O)(=O)N(CC(C)C)CC(O)C(Cc2ccccc2)NC(=O)OC2CC3OCCOC3C2)cc1. The molecule has 0 aromatic heterocycles. The Hall–Kier alpha value is -2.70.